The molecule has 0 bridgehead atoms. The number of benzene rings is 1. The molecule has 1 heterocycles. The lowest BCUT2D eigenvalue weighted by atomic mass is 10.0. The van der Waals surface area contributed by atoms with Crippen molar-refractivity contribution in [2.75, 3.05) is 26.2 Å². The molecule has 0 aliphatic carbocycles. The van der Waals surface area contributed by atoms with E-state index in [1.165, 1.54) is 0 Å². The van der Waals surface area contributed by atoms with Crippen LogP contribution in [0.5, 0.6) is 0 Å². The van der Waals surface area contributed by atoms with Gasteiger partial charge in [0, 0.05) is 32.2 Å². The highest BCUT2D eigenvalue weighted by molar-refractivity contribution is 5.79. The predicted molar refractivity (Wildman–Crippen MR) is 91.2 cm³/mol. The van der Waals surface area contributed by atoms with Gasteiger partial charge in [0.25, 0.3) is 0 Å². The van der Waals surface area contributed by atoms with Gasteiger partial charge in [0.15, 0.2) is 0 Å². The summed E-state index contributed by atoms with van der Waals surface area (Å²) < 4.78 is 0. The monoisotopic (exact) mass is 317 g/mol. The molecule has 0 radical (unpaired) electrons. The van der Waals surface area contributed by atoms with Crippen LogP contribution in [0.2, 0.25) is 0 Å². The fraction of sp³-hybridized carbons (Fsp3) is 0.556. The number of urea groups is 1. The van der Waals surface area contributed by atoms with Crippen molar-refractivity contribution >= 4 is 11.9 Å². The lowest BCUT2D eigenvalue weighted by Gasteiger charge is -2.33. The summed E-state index contributed by atoms with van der Waals surface area (Å²) in [5.41, 5.74) is 1.05. The lowest BCUT2D eigenvalue weighted by Crippen LogP contribution is -2.50. The van der Waals surface area contributed by atoms with Crippen LogP contribution in [0.4, 0.5) is 4.79 Å². The summed E-state index contributed by atoms with van der Waals surface area (Å²) in [6.45, 7) is 6.83. The van der Waals surface area contributed by atoms with Crippen LogP contribution in [0.15, 0.2) is 30.3 Å². The molecule has 0 aromatic heterocycles. The third-order valence-electron chi connectivity index (χ3n) is 4.42. The molecular weight excluding hydrogens is 290 g/mol. The molecule has 23 heavy (non-hydrogen) atoms. The zero-order chi connectivity index (χ0) is 16.7. The van der Waals surface area contributed by atoms with E-state index in [1.807, 2.05) is 49.1 Å². The van der Waals surface area contributed by atoms with Crippen LogP contribution in [-0.4, -0.2) is 54.0 Å². The molecule has 5 heteroatoms. The second-order valence-corrected chi connectivity index (χ2v) is 5.94. The summed E-state index contributed by atoms with van der Waals surface area (Å²) in [5.74, 6) is 0.171. The number of amides is 3. The van der Waals surface area contributed by atoms with Crippen LogP contribution in [0, 0.1) is 0 Å². The molecule has 0 saturated carbocycles. The Balaban J connectivity index is 1.77. The summed E-state index contributed by atoms with van der Waals surface area (Å²) >= 11 is 0. The number of carbonyl (C=O) groups is 2. The highest BCUT2D eigenvalue weighted by atomic mass is 16.2. The van der Waals surface area contributed by atoms with Gasteiger partial charge < -0.3 is 15.1 Å². The van der Waals surface area contributed by atoms with Gasteiger partial charge in [-0.3, -0.25) is 4.79 Å². The molecular formula is C18H27N3O2. The molecule has 3 amide bonds. The quantitative estimate of drug-likeness (QED) is 0.906. The molecule has 1 aromatic rings. The Bertz CT molecular complexity index is 506. The average molecular weight is 317 g/mol. The van der Waals surface area contributed by atoms with Gasteiger partial charge in [0.05, 0.1) is 6.42 Å². The molecule has 126 valence electrons. The average Bonchev–Trinajstić information content (AvgIpc) is 2.57. The van der Waals surface area contributed by atoms with E-state index in [2.05, 4.69) is 5.32 Å². The van der Waals surface area contributed by atoms with E-state index in [9.17, 15) is 9.59 Å². The summed E-state index contributed by atoms with van der Waals surface area (Å²) in [6, 6.07) is 10.0. The summed E-state index contributed by atoms with van der Waals surface area (Å²) in [5, 5.41) is 3.08. The maximum absolute atomic E-state index is 12.3. The van der Waals surface area contributed by atoms with E-state index in [0.29, 0.717) is 6.42 Å². The van der Waals surface area contributed by atoms with E-state index in [1.54, 1.807) is 4.90 Å². The second-order valence-electron chi connectivity index (χ2n) is 5.94. The highest BCUT2D eigenvalue weighted by Gasteiger charge is 2.24. The van der Waals surface area contributed by atoms with Crippen LogP contribution in [0.25, 0.3) is 0 Å². The molecule has 1 aliphatic heterocycles. The third kappa shape index (κ3) is 4.98. The van der Waals surface area contributed by atoms with Crippen molar-refractivity contribution < 1.29 is 9.59 Å². The summed E-state index contributed by atoms with van der Waals surface area (Å²) in [7, 11) is 0. The minimum Gasteiger partial charge on any atom is -0.342 e. The van der Waals surface area contributed by atoms with E-state index in [0.717, 1.165) is 44.6 Å². The van der Waals surface area contributed by atoms with Crippen LogP contribution in [-0.2, 0) is 11.2 Å². The largest absolute Gasteiger partial charge is 0.342 e. The van der Waals surface area contributed by atoms with Crippen molar-refractivity contribution in [2.45, 2.75) is 39.2 Å². The second kappa shape index (κ2) is 8.56. The number of likely N-dealkylation sites (tertiary alicyclic amines) is 1. The van der Waals surface area contributed by atoms with Gasteiger partial charge in [-0.15, -0.1) is 0 Å². The minimum absolute atomic E-state index is 0.00376. The van der Waals surface area contributed by atoms with Crippen molar-refractivity contribution in [2.24, 2.45) is 0 Å². The fourth-order valence-corrected chi connectivity index (χ4v) is 2.93. The first-order chi connectivity index (χ1) is 11.1. The Labute approximate surface area is 138 Å². The Hall–Kier alpha value is -2.04. The number of hydrogen-bond donors (Lipinski definition) is 1. The Morgan fingerprint density at radius 1 is 1.13 bits per heavy atom. The molecule has 1 aliphatic rings. The van der Waals surface area contributed by atoms with E-state index in [-0.39, 0.29) is 18.0 Å². The summed E-state index contributed by atoms with van der Waals surface area (Å²) in [4.78, 5) is 28.1. The van der Waals surface area contributed by atoms with Gasteiger partial charge in [0.1, 0.15) is 0 Å². The fourth-order valence-electron chi connectivity index (χ4n) is 2.93. The highest BCUT2D eigenvalue weighted by Crippen LogP contribution is 2.13. The number of nitrogens with zero attached hydrogens (tertiary/aromatic N) is 2. The van der Waals surface area contributed by atoms with Gasteiger partial charge in [-0.25, -0.2) is 4.79 Å². The van der Waals surface area contributed by atoms with Gasteiger partial charge in [0.2, 0.25) is 5.91 Å². The first-order valence-electron chi connectivity index (χ1n) is 8.51. The lowest BCUT2D eigenvalue weighted by molar-refractivity contribution is -0.131. The van der Waals surface area contributed by atoms with Gasteiger partial charge in [-0.2, -0.15) is 0 Å². The third-order valence-corrected chi connectivity index (χ3v) is 4.42. The SMILES string of the molecule is CCN(CC)C(=O)NC1CCN(C(=O)Cc2ccccc2)CC1. The molecule has 1 saturated heterocycles. The zero-order valence-corrected chi connectivity index (χ0v) is 14.1. The first kappa shape index (κ1) is 17.3. The Morgan fingerprint density at radius 2 is 1.74 bits per heavy atom. The topological polar surface area (TPSA) is 52.7 Å². The molecule has 0 spiro atoms. The van der Waals surface area contributed by atoms with Crippen molar-refractivity contribution in [3.63, 3.8) is 0 Å². The molecule has 2 rings (SSSR count). The van der Waals surface area contributed by atoms with E-state index in [4.69, 9.17) is 0 Å². The van der Waals surface area contributed by atoms with Crippen LogP contribution < -0.4 is 5.32 Å². The number of nitrogens with one attached hydrogen (secondary N) is 1. The maximum Gasteiger partial charge on any atom is 0.317 e. The molecule has 1 aromatic carbocycles. The first-order valence-corrected chi connectivity index (χ1v) is 8.51. The molecule has 1 N–H and O–H groups in total. The number of piperidine rings is 1. The normalized spacial score (nSPS) is 15.3. The Morgan fingerprint density at radius 3 is 2.30 bits per heavy atom. The molecule has 0 atom stereocenters. The van der Waals surface area contributed by atoms with E-state index < -0.39 is 0 Å². The minimum atomic E-state index is 0.00376. The molecule has 5 nitrogen and oxygen atoms in total. The zero-order valence-electron chi connectivity index (χ0n) is 14.1. The van der Waals surface area contributed by atoms with Crippen molar-refractivity contribution in [1.82, 2.24) is 15.1 Å². The van der Waals surface area contributed by atoms with Gasteiger partial charge in [-0.05, 0) is 32.3 Å². The van der Waals surface area contributed by atoms with Crippen molar-refractivity contribution in [1.29, 1.82) is 0 Å². The number of carbonyl (C=O) groups excluding carboxylic acids is 2. The van der Waals surface area contributed by atoms with Gasteiger partial charge in [-0.1, -0.05) is 30.3 Å². The van der Waals surface area contributed by atoms with Gasteiger partial charge >= 0.3 is 6.03 Å². The smallest absolute Gasteiger partial charge is 0.317 e. The van der Waals surface area contributed by atoms with E-state index >= 15 is 0 Å². The van der Waals surface area contributed by atoms with Crippen LogP contribution in [0.3, 0.4) is 0 Å². The molecule has 1 fully saturated rings. The van der Waals surface area contributed by atoms with Crippen LogP contribution in [0.1, 0.15) is 32.3 Å². The number of hydrogen-bond acceptors (Lipinski definition) is 2. The van der Waals surface area contributed by atoms with Crippen molar-refractivity contribution in [3.05, 3.63) is 35.9 Å². The number of rotatable bonds is 5. The predicted octanol–water partition coefficient (Wildman–Crippen LogP) is 2.27. The maximum atomic E-state index is 12.3. The van der Waals surface area contributed by atoms with Crippen molar-refractivity contribution in [3.8, 4) is 0 Å². The summed E-state index contributed by atoms with van der Waals surface area (Å²) in [6.07, 6.45) is 2.11. The molecule has 0 unspecified atom stereocenters. The standard InChI is InChI=1S/C18H27N3O2/c1-3-20(4-2)18(23)19-16-10-12-21(13-11-16)17(22)14-15-8-6-5-7-9-15/h5-9,16H,3-4,10-14H2,1-2H3,(H,19,23). The van der Waals surface area contributed by atoms with Crippen LogP contribution >= 0.6 is 0 Å². The Kier molecular flexibility index (Phi) is 6.44.